The Balaban J connectivity index is 1.58. The van der Waals surface area contributed by atoms with Crippen LogP contribution < -0.4 is 15.7 Å². The van der Waals surface area contributed by atoms with Gasteiger partial charge in [0.15, 0.2) is 0 Å². The van der Waals surface area contributed by atoms with Crippen molar-refractivity contribution < 1.29 is 33.6 Å². The van der Waals surface area contributed by atoms with Crippen LogP contribution in [0.2, 0.25) is 0 Å². The molecule has 2 heterocycles. The number of aliphatic hydroxyl groups is 2. The van der Waals surface area contributed by atoms with Crippen molar-refractivity contribution in [1.29, 1.82) is 0 Å². The average Bonchev–Trinajstić information content (AvgIpc) is 3.30. The Kier molecular flexibility index (Phi) is 6.50. The molecule has 1 aromatic heterocycles. The van der Waals surface area contributed by atoms with Crippen LogP contribution in [0.3, 0.4) is 0 Å². The van der Waals surface area contributed by atoms with E-state index in [1.165, 1.54) is 7.11 Å². The number of anilines is 1. The van der Waals surface area contributed by atoms with Gasteiger partial charge in [0.1, 0.15) is 35.3 Å². The van der Waals surface area contributed by atoms with Crippen LogP contribution in [0.15, 0.2) is 27.4 Å². The molecule has 0 bridgehead atoms. The van der Waals surface area contributed by atoms with Crippen LogP contribution in [-0.4, -0.2) is 53.4 Å². The Morgan fingerprint density at radius 3 is 2.55 bits per heavy atom. The number of carbonyl (C=O) groups is 1. The van der Waals surface area contributed by atoms with Gasteiger partial charge >= 0.3 is 5.63 Å². The number of carbonyl (C=O) groups excluding carboxylic acids is 1. The van der Waals surface area contributed by atoms with Crippen molar-refractivity contribution in [3.8, 4) is 5.75 Å². The number of benzene rings is 1. The monoisotopic (exact) mass is 461 g/mol. The van der Waals surface area contributed by atoms with Crippen LogP contribution >= 0.6 is 0 Å². The van der Waals surface area contributed by atoms with E-state index >= 15 is 0 Å². The van der Waals surface area contributed by atoms with Gasteiger partial charge < -0.3 is 34.2 Å². The van der Waals surface area contributed by atoms with Crippen LogP contribution in [0.25, 0.3) is 11.0 Å². The second kappa shape index (κ2) is 9.06. The fourth-order valence-corrected chi connectivity index (χ4v) is 4.77. The average molecular weight is 462 g/mol. The molecule has 9 heteroatoms. The quantitative estimate of drug-likeness (QED) is 0.580. The van der Waals surface area contributed by atoms with Crippen molar-refractivity contribution in [2.24, 2.45) is 5.92 Å². The summed E-state index contributed by atoms with van der Waals surface area (Å²) in [7, 11) is 1.44. The zero-order chi connectivity index (χ0) is 23.9. The molecular formula is C24H31NO8. The molecule has 0 spiro atoms. The third-order valence-corrected chi connectivity index (χ3v) is 6.63. The summed E-state index contributed by atoms with van der Waals surface area (Å²) in [4.78, 5) is 25.0. The van der Waals surface area contributed by atoms with Gasteiger partial charge in [-0.3, -0.25) is 4.79 Å². The van der Waals surface area contributed by atoms with Crippen molar-refractivity contribution in [3.63, 3.8) is 0 Å². The number of amides is 1. The van der Waals surface area contributed by atoms with Gasteiger partial charge in [-0.05, 0) is 51.8 Å². The van der Waals surface area contributed by atoms with Crippen molar-refractivity contribution in [1.82, 2.24) is 0 Å². The third kappa shape index (κ3) is 4.50. The lowest BCUT2D eigenvalue weighted by molar-refractivity contribution is -0.306. The molecule has 2 fully saturated rings. The van der Waals surface area contributed by atoms with E-state index in [4.69, 9.17) is 18.6 Å². The van der Waals surface area contributed by atoms with E-state index in [2.05, 4.69) is 5.32 Å². The summed E-state index contributed by atoms with van der Waals surface area (Å²) in [6, 6.07) is 4.95. The molecule has 0 unspecified atom stereocenters. The molecule has 1 saturated carbocycles. The number of fused-ring (bicyclic) bond motifs is 1. The summed E-state index contributed by atoms with van der Waals surface area (Å²) in [5.41, 5.74) is -0.634. The van der Waals surface area contributed by atoms with Crippen molar-refractivity contribution >= 4 is 22.6 Å². The number of hydrogen-bond acceptors (Lipinski definition) is 8. The molecule has 1 aromatic carbocycles. The van der Waals surface area contributed by atoms with Gasteiger partial charge in [-0.15, -0.1) is 0 Å². The van der Waals surface area contributed by atoms with E-state index in [9.17, 15) is 19.8 Å². The van der Waals surface area contributed by atoms with Crippen molar-refractivity contribution in [2.75, 3.05) is 12.4 Å². The number of ether oxygens (including phenoxy) is 3. The summed E-state index contributed by atoms with van der Waals surface area (Å²) < 4.78 is 22.6. The van der Waals surface area contributed by atoms with Crippen molar-refractivity contribution in [2.45, 2.75) is 76.7 Å². The van der Waals surface area contributed by atoms with Gasteiger partial charge in [-0.1, -0.05) is 12.8 Å². The largest absolute Gasteiger partial charge is 0.462 e. The van der Waals surface area contributed by atoms with Crippen LogP contribution in [0.1, 0.15) is 45.1 Å². The summed E-state index contributed by atoms with van der Waals surface area (Å²) in [5.74, 6) is 0.0999. The first-order chi connectivity index (χ1) is 15.6. The lowest BCUT2D eigenvalue weighted by atomic mass is 9.89. The number of nitrogens with one attached hydrogen (secondary N) is 1. The van der Waals surface area contributed by atoms with Gasteiger partial charge in [0.25, 0.3) is 0 Å². The van der Waals surface area contributed by atoms with Gasteiger partial charge in [0.2, 0.25) is 12.2 Å². The molecular weight excluding hydrogens is 430 g/mol. The van der Waals surface area contributed by atoms with Crippen molar-refractivity contribution in [3.05, 3.63) is 34.2 Å². The Labute approximate surface area is 191 Å². The minimum Gasteiger partial charge on any atom is -0.462 e. The first-order valence-electron chi connectivity index (χ1n) is 11.2. The molecule has 1 aliphatic heterocycles. The van der Waals surface area contributed by atoms with E-state index in [1.807, 2.05) is 0 Å². The highest BCUT2D eigenvalue weighted by Crippen LogP contribution is 2.35. The lowest BCUT2D eigenvalue weighted by Crippen LogP contribution is -2.63. The summed E-state index contributed by atoms with van der Waals surface area (Å²) in [6.07, 6.45) is -0.757. The van der Waals surface area contributed by atoms with E-state index < -0.39 is 35.8 Å². The van der Waals surface area contributed by atoms with Crippen LogP contribution in [0, 0.1) is 12.8 Å². The van der Waals surface area contributed by atoms with Crippen LogP contribution in [0.4, 0.5) is 5.69 Å². The first kappa shape index (κ1) is 23.7. The van der Waals surface area contributed by atoms with E-state index in [0.29, 0.717) is 22.3 Å². The molecule has 180 valence electrons. The highest BCUT2D eigenvalue weighted by molar-refractivity contribution is 5.94. The highest BCUT2D eigenvalue weighted by Gasteiger charge is 2.50. The summed E-state index contributed by atoms with van der Waals surface area (Å²) in [5, 5.41) is 24.3. The second-order valence-electron chi connectivity index (χ2n) is 9.37. The maximum Gasteiger partial charge on any atom is 0.360 e. The maximum absolute atomic E-state index is 12.6. The zero-order valence-electron chi connectivity index (χ0n) is 19.3. The lowest BCUT2D eigenvalue weighted by Gasteiger charge is -2.46. The Hall–Kier alpha value is -2.46. The van der Waals surface area contributed by atoms with E-state index in [1.54, 1.807) is 39.0 Å². The number of hydrogen-bond donors (Lipinski definition) is 3. The summed E-state index contributed by atoms with van der Waals surface area (Å²) >= 11 is 0. The molecule has 1 aliphatic carbocycles. The topological polar surface area (TPSA) is 127 Å². The van der Waals surface area contributed by atoms with Gasteiger partial charge in [0.05, 0.1) is 5.60 Å². The standard InChI is InChI=1S/C24H31NO8/c1-12-16(31-23-18(27)17(26)20(30-4)24(2,3)33-23)10-9-14-11-15(22(29)32-19(12)14)25-21(28)13-7-5-6-8-13/h9-11,13,17-18,20,23,26-27H,5-8H2,1-4H3,(H,25,28)/t17-,18+,20+,23+/m0/s1. The molecule has 1 amide bonds. The SMILES string of the molecule is CO[C@@H]1[C@@H](O)[C@@H](O)[C@H](Oc2ccc3cc(NC(=O)C4CCCC4)c(=O)oc3c2C)OC1(C)C. The molecule has 2 aromatic rings. The van der Waals surface area contributed by atoms with E-state index in [-0.39, 0.29) is 17.5 Å². The molecule has 1 saturated heterocycles. The van der Waals surface area contributed by atoms with Gasteiger partial charge in [-0.2, -0.15) is 0 Å². The molecule has 3 N–H and O–H groups in total. The van der Waals surface area contributed by atoms with Gasteiger partial charge in [-0.25, -0.2) is 4.79 Å². The Morgan fingerprint density at radius 1 is 1.18 bits per heavy atom. The predicted molar refractivity (Wildman–Crippen MR) is 120 cm³/mol. The Morgan fingerprint density at radius 2 is 1.88 bits per heavy atom. The fourth-order valence-electron chi connectivity index (χ4n) is 4.77. The zero-order valence-corrected chi connectivity index (χ0v) is 19.3. The Bertz CT molecular complexity index is 1090. The predicted octanol–water partition coefficient (Wildman–Crippen LogP) is 2.48. The molecule has 4 rings (SSSR count). The minimum atomic E-state index is -1.35. The molecule has 0 radical (unpaired) electrons. The number of aliphatic hydroxyl groups excluding tert-OH is 2. The third-order valence-electron chi connectivity index (χ3n) is 6.63. The smallest absolute Gasteiger partial charge is 0.360 e. The molecule has 4 atom stereocenters. The number of aryl methyl sites for hydroxylation is 1. The normalized spacial score (nSPS) is 27.6. The number of rotatable bonds is 5. The minimum absolute atomic E-state index is 0.0724. The molecule has 9 nitrogen and oxygen atoms in total. The van der Waals surface area contributed by atoms with Gasteiger partial charge in [0, 0.05) is 24.0 Å². The molecule has 33 heavy (non-hydrogen) atoms. The highest BCUT2D eigenvalue weighted by atomic mass is 16.7. The van der Waals surface area contributed by atoms with Crippen LogP contribution in [0.5, 0.6) is 5.75 Å². The maximum atomic E-state index is 12.6. The fraction of sp³-hybridized carbons (Fsp3) is 0.583. The second-order valence-corrected chi connectivity index (χ2v) is 9.37. The number of methoxy groups -OCH3 is 1. The first-order valence-corrected chi connectivity index (χ1v) is 11.2. The summed E-state index contributed by atoms with van der Waals surface area (Å²) in [6.45, 7) is 5.19. The van der Waals surface area contributed by atoms with Crippen LogP contribution in [-0.2, 0) is 14.3 Å². The van der Waals surface area contributed by atoms with E-state index in [0.717, 1.165) is 25.7 Å². The molecule has 2 aliphatic rings.